The quantitative estimate of drug-likeness (QED) is 0.662. The van der Waals surface area contributed by atoms with Gasteiger partial charge in [-0.2, -0.15) is 0 Å². The van der Waals surface area contributed by atoms with Gasteiger partial charge < -0.3 is 0 Å². The standard InChI is InChI=1S/C13H20O/c1-4-6-11-9-8-10(3)13(14)12(11)7-5-2/h8H,4-7,9H2,1-3H3. The average Bonchev–Trinajstić information content (AvgIpc) is 2.18. The van der Waals surface area contributed by atoms with Gasteiger partial charge in [0.1, 0.15) is 0 Å². The molecule has 0 fully saturated rings. The van der Waals surface area contributed by atoms with Crippen molar-refractivity contribution < 1.29 is 4.79 Å². The smallest absolute Gasteiger partial charge is 0.184 e. The lowest BCUT2D eigenvalue weighted by atomic mass is 9.86. The Morgan fingerprint density at radius 3 is 2.43 bits per heavy atom. The van der Waals surface area contributed by atoms with E-state index in [-0.39, 0.29) is 0 Å². The van der Waals surface area contributed by atoms with Crippen molar-refractivity contribution in [1.29, 1.82) is 0 Å². The summed E-state index contributed by atoms with van der Waals surface area (Å²) < 4.78 is 0. The van der Waals surface area contributed by atoms with E-state index in [1.807, 2.05) is 6.92 Å². The summed E-state index contributed by atoms with van der Waals surface area (Å²) in [5, 5.41) is 0. The van der Waals surface area contributed by atoms with Gasteiger partial charge in [0.05, 0.1) is 0 Å². The number of hydrogen-bond donors (Lipinski definition) is 0. The molecule has 0 bridgehead atoms. The van der Waals surface area contributed by atoms with Crippen LogP contribution in [0.3, 0.4) is 0 Å². The molecule has 0 N–H and O–H groups in total. The highest BCUT2D eigenvalue weighted by molar-refractivity contribution is 6.09. The maximum absolute atomic E-state index is 11.9. The highest BCUT2D eigenvalue weighted by Crippen LogP contribution is 2.27. The van der Waals surface area contributed by atoms with Gasteiger partial charge in [0.2, 0.25) is 0 Å². The normalized spacial score (nSPS) is 17.4. The van der Waals surface area contributed by atoms with Crippen LogP contribution in [0.1, 0.15) is 52.9 Å². The Kier molecular flexibility index (Phi) is 4.12. The fourth-order valence-electron chi connectivity index (χ4n) is 1.99. The van der Waals surface area contributed by atoms with Gasteiger partial charge in [-0.15, -0.1) is 0 Å². The van der Waals surface area contributed by atoms with Gasteiger partial charge in [0, 0.05) is 0 Å². The minimum absolute atomic E-state index is 0.293. The zero-order valence-electron chi connectivity index (χ0n) is 9.52. The summed E-state index contributed by atoms with van der Waals surface area (Å²) in [4.78, 5) is 11.9. The Morgan fingerprint density at radius 1 is 1.21 bits per heavy atom. The molecule has 0 aliphatic heterocycles. The number of hydrogen-bond acceptors (Lipinski definition) is 1. The molecular formula is C13H20O. The van der Waals surface area contributed by atoms with Crippen LogP contribution < -0.4 is 0 Å². The van der Waals surface area contributed by atoms with Crippen LogP contribution in [0.2, 0.25) is 0 Å². The van der Waals surface area contributed by atoms with Crippen LogP contribution in [-0.2, 0) is 4.79 Å². The van der Waals surface area contributed by atoms with Crippen molar-refractivity contribution in [3.05, 3.63) is 22.8 Å². The van der Waals surface area contributed by atoms with Crippen molar-refractivity contribution in [3.63, 3.8) is 0 Å². The van der Waals surface area contributed by atoms with Gasteiger partial charge in [-0.25, -0.2) is 0 Å². The molecule has 0 radical (unpaired) electrons. The van der Waals surface area contributed by atoms with E-state index in [1.165, 1.54) is 5.57 Å². The molecule has 0 unspecified atom stereocenters. The van der Waals surface area contributed by atoms with Crippen molar-refractivity contribution in [2.75, 3.05) is 0 Å². The van der Waals surface area contributed by atoms with Gasteiger partial charge in [-0.1, -0.05) is 38.3 Å². The molecule has 1 aliphatic carbocycles. The lowest BCUT2D eigenvalue weighted by molar-refractivity contribution is -0.112. The summed E-state index contributed by atoms with van der Waals surface area (Å²) >= 11 is 0. The summed E-state index contributed by atoms with van der Waals surface area (Å²) in [5.41, 5.74) is 3.42. The summed E-state index contributed by atoms with van der Waals surface area (Å²) in [5.74, 6) is 0.293. The van der Waals surface area contributed by atoms with Crippen molar-refractivity contribution >= 4 is 5.78 Å². The number of allylic oxidation sites excluding steroid dienone is 4. The summed E-state index contributed by atoms with van der Waals surface area (Å²) in [6, 6.07) is 0. The van der Waals surface area contributed by atoms with E-state index in [9.17, 15) is 4.79 Å². The molecular weight excluding hydrogens is 172 g/mol. The van der Waals surface area contributed by atoms with Crippen LogP contribution in [0.25, 0.3) is 0 Å². The van der Waals surface area contributed by atoms with Gasteiger partial charge >= 0.3 is 0 Å². The minimum Gasteiger partial charge on any atom is -0.289 e. The molecule has 0 saturated heterocycles. The first-order valence-electron chi connectivity index (χ1n) is 5.63. The van der Waals surface area contributed by atoms with Crippen molar-refractivity contribution in [2.45, 2.75) is 52.9 Å². The maximum atomic E-state index is 11.9. The molecule has 1 aliphatic rings. The Hall–Kier alpha value is -0.850. The van der Waals surface area contributed by atoms with Crippen LogP contribution in [0.5, 0.6) is 0 Å². The Morgan fingerprint density at radius 2 is 1.86 bits per heavy atom. The largest absolute Gasteiger partial charge is 0.289 e. The molecule has 0 aromatic carbocycles. The third-order valence-corrected chi connectivity index (χ3v) is 2.77. The topological polar surface area (TPSA) is 17.1 Å². The highest BCUT2D eigenvalue weighted by atomic mass is 16.1. The van der Waals surface area contributed by atoms with Crippen LogP contribution >= 0.6 is 0 Å². The Labute approximate surface area is 86.9 Å². The van der Waals surface area contributed by atoms with E-state index >= 15 is 0 Å². The molecule has 0 heterocycles. The zero-order valence-corrected chi connectivity index (χ0v) is 9.52. The number of ketones is 1. The van der Waals surface area contributed by atoms with Gasteiger partial charge in [0.25, 0.3) is 0 Å². The van der Waals surface area contributed by atoms with Crippen LogP contribution in [-0.4, -0.2) is 5.78 Å². The van der Waals surface area contributed by atoms with E-state index < -0.39 is 0 Å². The van der Waals surface area contributed by atoms with Gasteiger partial charge in [0.15, 0.2) is 5.78 Å². The molecule has 0 saturated carbocycles. The van der Waals surface area contributed by atoms with Gasteiger partial charge in [-0.3, -0.25) is 4.79 Å². The van der Waals surface area contributed by atoms with E-state index in [0.717, 1.165) is 43.3 Å². The Balaban J connectivity index is 2.88. The first-order valence-corrected chi connectivity index (χ1v) is 5.63. The maximum Gasteiger partial charge on any atom is 0.184 e. The second-order valence-corrected chi connectivity index (χ2v) is 4.00. The SMILES string of the molecule is CCCC1=C(CCC)C(=O)C(C)=CC1. The number of rotatable bonds is 4. The minimum atomic E-state index is 0.293. The second-order valence-electron chi connectivity index (χ2n) is 4.00. The summed E-state index contributed by atoms with van der Waals surface area (Å²) in [6.07, 6.45) is 7.34. The highest BCUT2D eigenvalue weighted by Gasteiger charge is 2.18. The second kappa shape index (κ2) is 5.14. The predicted octanol–water partition coefficient (Wildman–Crippen LogP) is 3.80. The van der Waals surface area contributed by atoms with E-state index in [0.29, 0.717) is 5.78 Å². The molecule has 0 aromatic rings. The molecule has 0 spiro atoms. The fourth-order valence-corrected chi connectivity index (χ4v) is 1.99. The lowest BCUT2D eigenvalue weighted by Gasteiger charge is -2.17. The summed E-state index contributed by atoms with van der Waals surface area (Å²) in [6.45, 7) is 6.24. The first kappa shape index (κ1) is 11.2. The third kappa shape index (κ3) is 2.34. The molecule has 14 heavy (non-hydrogen) atoms. The van der Waals surface area contributed by atoms with Crippen LogP contribution in [0.15, 0.2) is 22.8 Å². The number of carbonyl (C=O) groups is 1. The first-order chi connectivity index (χ1) is 6.70. The molecule has 0 amide bonds. The van der Waals surface area contributed by atoms with Crippen molar-refractivity contribution in [2.24, 2.45) is 0 Å². The van der Waals surface area contributed by atoms with Gasteiger partial charge in [-0.05, 0) is 37.3 Å². The average molecular weight is 192 g/mol. The molecule has 1 rings (SSSR count). The predicted molar refractivity (Wildman–Crippen MR) is 60.2 cm³/mol. The van der Waals surface area contributed by atoms with E-state index in [1.54, 1.807) is 0 Å². The lowest BCUT2D eigenvalue weighted by Crippen LogP contribution is -2.11. The summed E-state index contributed by atoms with van der Waals surface area (Å²) in [7, 11) is 0. The number of Topliss-reactive ketones (excluding diaryl/α,β-unsaturated/α-hetero) is 1. The molecule has 0 atom stereocenters. The molecule has 1 nitrogen and oxygen atoms in total. The van der Waals surface area contributed by atoms with E-state index in [2.05, 4.69) is 19.9 Å². The molecule has 1 heteroatoms. The van der Waals surface area contributed by atoms with Crippen molar-refractivity contribution in [1.82, 2.24) is 0 Å². The van der Waals surface area contributed by atoms with Crippen molar-refractivity contribution in [3.8, 4) is 0 Å². The van der Waals surface area contributed by atoms with Crippen LogP contribution in [0.4, 0.5) is 0 Å². The molecule has 0 aromatic heterocycles. The monoisotopic (exact) mass is 192 g/mol. The van der Waals surface area contributed by atoms with E-state index in [4.69, 9.17) is 0 Å². The fraction of sp³-hybridized carbons (Fsp3) is 0.615. The molecule has 78 valence electrons. The third-order valence-electron chi connectivity index (χ3n) is 2.77. The number of carbonyl (C=O) groups excluding carboxylic acids is 1. The zero-order chi connectivity index (χ0) is 10.6. The Bertz CT molecular complexity index is 282. The van der Waals surface area contributed by atoms with Crippen LogP contribution in [0, 0.1) is 0 Å².